The van der Waals surface area contributed by atoms with Crippen LogP contribution in [0.25, 0.3) is 0 Å². The fourth-order valence-corrected chi connectivity index (χ4v) is 5.76. The highest BCUT2D eigenvalue weighted by molar-refractivity contribution is 14.1. The summed E-state index contributed by atoms with van der Waals surface area (Å²) >= 11 is 2.22. The van der Waals surface area contributed by atoms with Crippen LogP contribution in [0, 0.1) is 11.1 Å². The van der Waals surface area contributed by atoms with Crippen LogP contribution in [-0.2, 0) is 4.79 Å². The highest BCUT2D eigenvalue weighted by atomic mass is 127. The normalized spacial score (nSPS) is 38.0. The molecule has 5 atom stereocenters. The lowest BCUT2D eigenvalue weighted by molar-refractivity contribution is -0.130. The van der Waals surface area contributed by atoms with Crippen LogP contribution in [0.5, 0.6) is 0 Å². The Balaban J connectivity index is 1.58. The highest BCUT2D eigenvalue weighted by Gasteiger charge is 2.36. The van der Waals surface area contributed by atoms with Crippen LogP contribution >= 0.6 is 22.6 Å². The van der Waals surface area contributed by atoms with E-state index in [1.54, 1.807) is 0 Å². The first-order valence-electron chi connectivity index (χ1n) is 9.85. The predicted octanol–water partition coefficient (Wildman–Crippen LogP) is 2.71. The molecule has 25 heavy (non-hydrogen) atoms. The minimum absolute atomic E-state index is 0.0756. The van der Waals surface area contributed by atoms with Crippen molar-refractivity contribution in [1.82, 2.24) is 15.4 Å². The molecule has 0 aromatic heterocycles. The van der Waals surface area contributed by atoms with E-state index in [2.05, 4.69) is 32.8 Å². The van der Waals surface area contributed by atoms with E-state index in [1.807, 2.05) is 0 Å². The van der Waals surface area contributed by atoms with Crippen molar-refractivity contribution in [3.05, 3.63) is 5.21 Å². The Bertz CT molecular complexity index is 445. The van der Waals surface area contributed by atoms with Gasteiger partial charge in [0.15, 0.2) is 0 Å². The monoisotopic (exact) mass is 464 g/mol. The summed E-state index contributed by atoms with van der Waals surface area (Å²) in [5.74, 6) is 0.180. The third-order valence-corrected chi connectivity index (χ3v) is 7.76. The first-order valence-corrected chi connectivity index (χ1v) is 11.1. The molecule has 1 saturated carbocycles. The van der Waals surface area contributed by atoms with Gasteiger partial charge in [-0.05, 0) is 58.0 Å². The lowest BCUT2D eigenvalue weighted by Crippen LogP contribution is -2.55. The molecule has 0 radical (unpaired) electrons. The van der Waals surface area contributed by atoms with Crippen molar-refractivity contribution in [2.24, 2.45) is 5.92 Å². The summed E-state index contributed by atoms with van der Waals surface area (Å²) in [4.78, 5) is 15.3. The molecule has 0 bridgehead atoms. The molecule has 2 aliphatic heterocycles. The van der Waals surface area contributed by atoms with Crippen LogP contribution in [0.4, 0.5) is 0 Å². The van der Waals surface area contributed by atoms with Gasteiger partial charge in [-0.25, -0.2) is 0 Å². The number of hydrogen-bond donors (Lipinski definition) is 2. The van der Waals surface area contributed by atoms with E-state index >= 15 is 0 Å². The number of likely N-dealkylation sites (tertiary alicyclic amines) is 1. The molecule has 2 heterocycles. The minimum Gasteiger partial charge on any atom is -0.762 e. The van der Waals surface area contributed by atoms with Crippen molar-refractivity contribution >= 4 is 28.4 Å². The van der Waals surface area contributed by atoms with E-state index in [0.717, 1.165) is 25.9 Å². The molecule has 3 aliphatic rings. The van der Waals surface area contributed by atoms with Crippen LogP contribution in [-0.4, -0.2) is 62.8 Å². The number of rotatable bonds is 5. The Morgan fingerprint density at radius 3 is 2.72 bits per heavy atom. The Labute approximate surface area is 164 Å². The van der Waals surface area contributed by atoms with Crippen LogP contribution in [0.2, 0.25) is 0 Å². The van der Waals surface area contributed by atoms with Gasteiger partial charge in [0.05, 0.1) is 6.54 Å². The number of nitrogens with zero attached hydrogens (tertiary/aromatic N) is 2. The Morgan fingerprint density at radius 1 is 1.20 bits per heavy atom. The van der Waals surface area contributed by atoms with Crippen molar-refractivity contribution in [2.45, 2.75) is 79.8 Å². The van der Waals surface area contributed by atoms with E-state index < -0.39 is 6.04 Å². The third-order valence-electron chi connectivity index (χ3n) is 6.31. The van der Waals surface area contributed by atoms with Gasteiger partial charge in [-0.3, -0.25) is 14.9 Å². The smallest absolute Gasteiger partial charge is 0.149 e. The number of alkyl halides is 1. The Morgan fingerprint density at radius 2 is 2.00 bits per heavy atom. The van der Waals surface area contributed by atoms with Crippen molar-refractivity contribution in [3.8, 4) is 0 Å². The fourth-order valence-electron chi connectivity index (χ4n) is 4.84. The van der Waals surface area contributed by atoms with Gasteiger partial charge in [0.25, 0.3) is 0 Å². The summed E-state index contributed by atoms with van der Waals surface area (Å²) in [6.45, 7) is 2.61. The zero-order valence-corrected chi connectivity index (χ0v) is 17.1. The van der Waals surface area contributed by atoms with Gasteiger partial charge >= 0.3 is 0 Å². The zero-order chi connectivity index (χ0) is 17.8. The number of carbonyl (C=O) groups excluding carboxylic acids is 1. The lowest BCUT2D eigenvalue weighted by Gasteiger charge is -2.43. The van der Waals surface area contributed by atoms with Gasteiger partial charge < -0.3 is 15.7 Å². The number of nitrogens with one attached hydrogen (secondary N) is 1. The summed E-state index contributed by atoms with van der Waals surface area (Å²) in [7, 11) is 0. The Hall–Kier alpha value is 0.200. The first-order chi connectivity index (χ1) is 12.1. The number of halogens is 1. The molecular formula is C18H31IN3O3-. The average Bonchev–Trinajstić information content (AvgIpc) is 2.63. The molecule has 3 fully saturated rings. The quantitative estimate of drug-likeness (QED) is 0.370. The van der Waals surface area contributed by atoms with Gasteiger partial charge in [-0.1, -0.05) is 35.4 Å². The second-order valence-electron chi connectivity index (χ2n) is 7.95. The minimum atomic E-state index is -0.444. The lowest BCUT2D eigenvalue weighted by atomic mass is 9.82. The summed E-state index contributed by atoms with van der Waals surface area (Å²) in [5, 5.41) is 24.4. The van der Waals surface area contributed by atoms with E-state index in [4.69, 9.17) is 0 Å². The zero-order valence-electron chi connectivity index (χ0n) is 14.9. The number of hydroxylamine groups is 2. The molecule has 2 N–H and O–H groups in total. The van der Waals surface area contributed by atoms with Crippen molar-refractivity contribution < 1.29 is 10.0 Å². The number of Topliss-reactive ketones (excluding diaryl/α,β-unsaturated/α-hetero) is 1. The summed E-state index contributed by atoms with van der Waals surface area (Å²) in [6.07, 6.45) is 9.53. The molecule has 5 unspecified atom stereocenters. The largest absolute Gasteiger partial charge is 0.762 e. The van der Waals surface area contributed by atoms with Gasteiger partial charge in [-0.2, -0.15) is 0 Å². The van der Waals surface area contributed by atoms with Crippen molar-refractivity contribution in [2.75, 3.05) is 19.6 Å². The van der Waals surface area contributed by atoms with Crippen LogP contribution in [0.15, 0.2) is 0 Å². The molecule has 0 aromatic carbocycles. The standard InChI is InChI=1S/C18H31IN3O3/c19-14-8-7-13(11-17(14)22(24)25)18(23)12-21-10-4-2-6-16(21)15-5-1-3-9-20-15/h13-17,20,24H,1-12H2/q-1. The van der Waals surface area contributed by atoms with Gasteiger partial charge in [0, 0.05) is 28.0 Å². The highest BCUT2D eigenvalue weighted by Crippen LogP contribution is 2.33. The molecule has 0 spiro atoms. The van der Waals surface area contributed by atoms with Gasteiger partial charge in [-0.15, -0.1) is 0 Å². The first kappa shape index (κ1) is 19.9. The van der Waals surface area contributed by atoms with Crippen LogP contribution in [0.3, 0.4) is 0 Å². The number of hydrogen-bond acceptors (Lipinski definition) is 6. The maximum Gasteiger partial charge on any atom is 0.149 e. The van der Waals surface area contributed by atoms with Crippen molar-refractivity contribution in [1.29, 1.82) is 0 Å². The maximum atomic E-state index is 12.9. The third kappa shape index (κ3) is 5.13. The number of ketones is 1. The van der Waals surface area contributed by atoms with E-state index in [1.165, 1.54) is 38.5 Å². The van der Waals surface area contributed by atoms with Crippen LogP contribution < -0.4 is 5.32 Å². The molecule has 0 aromatic rings. The molecule has 2 saturated heterocycles. The molecule has 3 rings (SSSR count). The van der Waals surface area contributed by atoms with Crippen LogP contribution in [0.1, 0.15) is 57.8 Å². The molecule has 6 nitrogen and oxygen atoms in total. The van der Waals surface area contributed by atoms with E-state index in [-0.39, 0.29) is 20.9 Å². The molecule has 144 valence electrons. The molecule has 0 amide bonds. The Kier molecular flexibility index (Phi) is 7.51. The topological polar surface area (TPSA) is 78.9 Å². The number of carbonyl (C=O) groups is 1. The van der Waals surface area contributed by atoms with Crippen molar-refractivity contribution in [3.63, 3.8) is 0 Å². The summed E-state index contributed by atoms with van der Waals surface area (Å²) in [5.41, 5.74) is 0. The predicted molar refractivity (Wildman–Crippen MR) is 106 cm³/mol. The maximum absolute atomic E-state index is 12.9. The SMILES string of the molecule is O=C(CN1CCCCC1C1CCCCN1)C1CCC(I)C(N([O-])O)C1. The number of piperidine rings is 2. The second-order valence-corrected chi connectivity index (χ2v) is 9.55. The molecule has 1 aliphatic carbocycles. The van der Waals surface area contributed by atoms with Gasteiger partial charge in [0.2, 0.25) is 0 Å². The summed E-state index contributed by atoms with van der Waals surface area (Å²) in [6, 6.07) is 0.554. The van der Waals surface area contributed by atoms with Gasteiger partial charge in [0.1, 0.15) is 5.78 Å². The van der Waals surface area contributed by atoms with E-state index in [9.17, 15) is 15.2 Å². The second kappa shape index (κ2) is 9.41. The summed E-state index contributed by atoms with van der Waals surface area (Å²) < 4.78 is 0.123. The van der Waals surface area contributed by atoms with E-state index in [0.29, 0.717) is 25.0 Å². The fraction of sp³-hybridized carbons (Fsp3) is 0.944. The average molecular weight is 464 g/mol. The molecule has 7 heteroatoms. The molecular weight excluding hydrogens is 433 g/mol.